The second-order valence-corrected chi connectivity index (χ2v) is 5.62. The van der Waals surface area contributed by atoms with Crippen LogP contribution in [0.3, 0.4) is 0 Å². The molecule has 2 heterocycles. The molecular weight excluding hydrogens is 262 g/mol. The van der Waals surface area contributed by atoms with Gasteiger partial charge in [0.15, 0.2) is 0 Å². The van der Waals surface area contributed by atoms with Crippen LogP contribution in [0.5, 0.6) is 0 Å². The quantitative estimate of drug-likeness (QED) is 0.807. The highest BCUT2D eigenvalue weighted by Crippen LogP contribution is 2.17. The second-order valence-electron chi connectivity index (χ2n) is 5.62. The van der Waals surface area contributed by atoms with Crippen molar-refractivity contribution in [1.82, 2.24) is 10.3 Å². The predicted octanol–water partition coefficient (Wildman–Crippen LogP) is 3.45. The van der Waals surface area contributed by atoms with Crippen molar-refractivity contribution >= 4 is 5.69 Å². The fourth-order valence-corrected chi connectivity index (χ4v) is 2.22. The smallest absolute Gasteiger partial charge is 0.123 e. The van der Waals surface area contributed by atoms with Crippen LogP contribution >= 0.6 is 0 Å². The monoisotopic (exact) mass is 287 g/mol. The van der Waals surface area contributed by atoms with Crippen LogP contribution in [0, 0.1) is 5.92 Å². The number of hydrogen-bond acceptors (Lipinski definition) is 4. The summed E-state index contributed by atoms with van der Waals surface area (Å²) in [5, 5.41) is 3.43. The lowest BCUT2D eigenvalue weighted by atomic mass is 10.2. The summed E-state index contributed by atoms with van der Waals surface area (Å²) in [7, 11) is 0. The van der Waals surface area contributed by atoms with E-state index in [2.05, 4.69) is 48.1 Å². The molecule has 0 atom stereocenters. The molecule has 2 aromatic rings. The third-order valence-electron chi connectivity index (χ3n) is 3.33. The zero-order valence-electron chi connectivity index (χ0n) is 13.2. The molecule has 2 rings (SSSR count). The van der Waals surface area contributed by atoms with E-state index in [9.17, 15) is 0 Å². The molecule has 0 aliphatic carbocycles. The summed E-state index contributed by atoms with van der Waals surface area (Å²) >= 11 is 0. The van der Waals surface area contributed by atoms with Gasteiger partial charge < -0.3 is 14.6 Å². The molecule has 0 aromatic carbocycles. The fraction of sp³-hybridized carbons (Fsp3) is 0.471. The van der Waals surface area contributed by atoms with Crippen LogP contribution in [0.1, 0.15) is 32.2 Å². The van der Waals surface area contributed by atoms with Gasteiger partial charge in [0.25, 0.3) is 0 Å². The Labute approximate surface area is 127 Å². The summed E-state index contributed by atoms with van der Waals surface area (Å²) in [6.45, 7) is 10.1. The van der Waals surface area contributed by atoms with Gasteiger partial charge in [0.05, 0.1) is 18.5 Å². The number of aromatic nitrogens is 1. The zero-order chi connectivity index (χ0) is 15.1. The van der Waals surface area contributed by atoms with E-state index in [-0.39, 0.29) is 0 Å². The standard InChI is InChI=1S/C17H25N3O/c1-4-20(13-17-6-5-9-21-17)16-7-8-19-15(10-16)12-18-11-14(2)3/h5-10,14,18H,4,11-13H2,1-3H3. The summed E-state index contributed by atoms with van der Waals surface area (Å²) in [5.74, 6) is 1.63. The lowest BCUT2D eigenvalue weighted by Crippen LogP contribution is -2.23. The first kappa shape index (κ1) is 15.6. The van der Waals surface area contributed by atoms with Crippen molar-refractivity contribution in [2.24, 2.45) is 5.92 Å². The Morgan fingerprint density at radius 3 is 2.86 bits per heavy atom. The average Bonchev–Trinajstić information content (AvgIpc) is 2.97. The van der Waals surface area contributed by atoms with Crippen LogP contribution < -0.4 is 10.2 Å². The summed E-state index contributed by atoms with van der Waals surface area (Å²) in [6, 6.07) is 8.14. The van der Waals surface area contributed by atoms with Gasteiger partial charge in [0, 0.05) is 25.0 Å². The molecule has 0 saturated carbocycles. The third-order valence-corrected chi connectivity index (χ3v) is 3.33. The maximum atomic E-state index is 5.44. The van der Waals surface area contributed by atoms with E-state index in [0.717, 1.165) is 37.6 Å². The molecule has 1 N–H and O–H groups in total. The highest BCUT2D eigenvalue weighted by molar-refractivity contribution is 5.46. The molecule has 4 nitrogen and oxygen atoms in total. The molecule has 4 heteroatoms. The average molecular weight is 287 g/mol. The molecule has 2 aromatic heterocycles. The minimum atomic E-state index is 0.652. The van der Waals surface area contributed by atoms with Gasteiger partial charge in [-0.05, 0) is 43.7 Å². The number of pyridine rings is 1. The molecule has 21 heavy (non-hydrogen) atoms. The Kier molecular flexibility index (Phi) is 5.81. The molecule has 0 radical (unpaired) electrons. The summed E-state index contributed by atoms with van der Waals surface area (Å²) in [4.78, 5) is 6.72. The van der Waals surface area contributed by atoms with Crippen LogP contribution in [-0.2, 0) is 13.1 Å². The highest BCUT2D eigenvalue weighted by Gasteiger charge is 2.08. The predicted molar refractivity (Wildman–Crippen MR) is 86.2 cm³/mol. The van der Waals surface area contributed by atoms with E-state index in [0.29, 0.717) is 5.92 Å². The lowest BCUT2D eigenvalue weighted by Gasteiger charge is -2.22. The van der Waals surface area contributed by atoms with E-state index < -0.39 is 0 Å². The van der Waals surface area contributed by atoms with Crippen molar-refractivity contribution in [3.05, 3.63) is 48.2 Å². The van der Waals surface area contributed by atoms with E-state index in [1.165, 1.54) is 5.69 Å². The Morgan fingerprint density at radius 1 is 1.33 bits per heavy atom. The minimum Gasteiger partial charge on any atom is -0.467 e. The molecule has 0 amide bonds. The Morgan fingerprint density at radius 2 is 2.19 bits per heavy atom. The van der Waals surface area contributed by atoms with E-state index in [1.54, 1.807) is 6.26 Å². The van der Waals surface area contributed by atoms with Crippen LogP contribution in [-0.4, -0.2) is 18.1 Å². The van der Waals surface area contributed by atoms with E-state index >= 15 is 0 Å². The molecule has 0 aliphatic rings. The van der Waals surface area contributed by atoms with Crippen LogP contribution in [0.15, 0.2) is 41.1 Å². The maximum Gasteiger partial charge on any atom is 0.123 e. The largest absolute Gasteiger partial charge is 0.467 e. The number of hydrogen-bond donors (Lipinski definition) is 1. The lowest BCUT2D eigenvalue weighted by molar-refractivity contribution is 0.503. The van der Waals surface area contributed by atoms with Gasteiger partial charge in [-0.3, -0.25) is 4.98 Å². The first-order chi connectivity index (χ1) is 10.2. The Hall–Kier alpha value is -1.81. The molecule has 0 saturated heterocycles. The first-order valence-electron chi connectivity index (χ1n) is 7.62. The normalized spacial score (nSPS) is 11.0. The van der Waals surface area contributed by atoms with Crippen LogP contribution in [0.2, 0.25) is 0 Å². The second kappa shape index (κ2) is 7.84. The van der Waals surface area contributed by atoms with Crippen LogP contribution in [0.4, 0.5) is 5.69 Å². The summed E-state index contributed by atoms with van der Waals surface area (Å²) in [5.41, 5.74) is 2.26. The third kappa shape index (κ3) is 4.90. The van der Waals surface area contributed by atoms with Crippen molar-refractivity contribution in [2.75, 3.05) is 18.0 Å². The van der Waals surface area contributed by atoms with Crippen molar-refractivity contribution < 1.29 is 4.42 Å². The van der Waals surface area contributed by atoms with Gasteiger partial charge in [0.2, 0.25) is 0 Å². The molecule has 0 fully saturated rings. The number of nitrogens with zero attached hydrogens (tertiary/aromatic N) is 2. The van der Waals surface area contributed by atoms with Gasteiger partial charge >= 0.3 is 0 Å². The first-order valence-corrected chi connectivity index (χ1v) is 7.62. The highest BCUT2D eigenvalue weighted by atomic mass is 16.3. The molecule has 0 spiro atoms. The minimum absolute atomic E-state index is 0.652. The molecule has 0 unspecified atom stereocenters. The Balaban J connectivity index is 2.00. The van der Waals surface area contributed by atoms with Crippen molar-refractivity contribution in [2.45, 2.75) is 33.9 Å². The van der Waals surface area contributed by atoms with Gasteiger partial charge in [-0.25, -0.2) is 0 Å². The van der Waals surface area contributed by atoms with E-state index in [4.69, 9.17) is 4.42 Å². The SMILES string of the molecule is CCN(Cc1ccco1)c1ccnc(CNCC(C)C)c1. The van der Waals surface area contributed by atoms with Gasteiger partial charge in [-0.15, -0.1) is 0 Å². The zero-order valence-corrected chi connectivity index (χ0v) is 13.2. The van der Waals surface area contributed by atoms with Gasteiger partial charge in [-0.2, -0.15) is 0 Å². The number of rotatable bonds is 8. The molecule has 114 valence electrons. The number of nitrogens with one attached hydrogen (secondary N) is 1. The molecular formula is C17H25N3O. The topological polar surface area (TPSA) is 41.3 Å². The Bertz CT molecular complexity index is 523. The summed E-state index contributed by atoms with van der Waals surface area (Å²) in [6.07, 6.45) is 3.60. The van der Waals surface area contributed by atoms with Crippen molar-refractivity contribution in [1.29, 1.82) is 0 Å². The summed E-state index contributed by atoms with van der Waals surface area (Å²) < 4.78 is 5.44. The fourth-order valence-electron chi connectivity index (χ4n) is 2.22. The molecule has 0 aliphatic heterocycles. The van der Waals surface area contributed by atoms with Gasteiger partial charge in [-0.1, -0.05) is 13.8 Å². The molecule has 0 bridgehead atoms. The van der Waals surface area contributed by atoms with E-state index in [1.807, 2.05) is 18.3 Å². The van der Waals surface area contributed by atoms with Gasteiger partial charge in [0.1, 0.15) is 5.76 Å². The van der Waals surface area contributed by atoms with Crippen molar-refractivity contribution in [3.63, 3.8) is 0 Å². The number of furan rings is 1. The maximum absolute atomic E-state index is 5.44. The van der Waals surface area contributed by atoms with Crippen molar-refractivity contribution in [3.8, 4) is 0 Å². The number of anilines is 1. The van der Waals surface area contributed by atoms with Crippen LogP contribution in [0.25, 0.3) is 0 Å².